The van der Waals surface area contributed by atoms with E-state index in [4.69, 9.17) is 10.7 Å². The normalized spacial score (nSPS) is 26.7. The lowest BCUT2D eigenvalue weighted by Gasteiger charge is -2.38. The lowest BCUT2D eigenvalue weighted by atomic mass is 9.88. The number of hydrogen-bond acceptors (Lipinski definition) is 7. The van der Waals surface area contributed by atoms with Crippen molar-refractivity contribution in [2.75, 3.05) is 25.5 Å². The van der Waals surface area contributed by atoms with Crippen LogP contribution in [0.3, 0.4) is 0 Å². The van der Waals surface area contributed by atoms with Crippen LogP contribution < -0.4 is 16.6 Å². The first-order valence-electron chi connectivity index (χ1n) is 13.4. The monoisotopic (exact) mass is 548 g/mol. The molecule has 2 aromatic heterocycles. The topological polar surface area (TPSA) is 141 Å². The highest BCUT2D eigenvalue weighted by molar-refractivity contribution is 7.18. The lowest BCUT2D eigenvalue weighted by molar-refractivity contribution is -0.146. The van der Waals surface area contributed by atoms with Crippen LogP contribution in [0.4, 0.5) is 5.69 Å². The van der Waals surface area contributed by atoms with E-state index in [1.54, 1.807) is 16.2 Å². The van der Waals surface area contributed by atoms with Crippen molar-refractivity contribution >= 4 is 45.0 Å². The molecule has 0 radical (unpaired) electrons. The van der Waals surface area contributed by atoms with E-state index in [1.165, 1.54) is 36.5 Å². The van der Waals surface area contributed by atoms with Gasteiger partial charge in [0, 0.05) is 30.7 Å². The van der Waals surface area contributed by atoms with Crippen molar-refractivity contribution in [3.8, 4) is 0 Å². The van der Waals surface area contributed by atoms with E-state index in [9.17, 15) is 19.2 Å². The van der Waals surface area contributed by atoms with Gasteiger partial charge in [-0.1, -0.05) is 13.0 Å². The molecule has 10 nitrogen and oxygen atoms in total. The van der Waals surface area contributed by atoms with E-state index in [-0.39, 0.29) is 28.6 Å². The number of anilines is 1. The molecule has 3 aliphatic rings. The number of nitrogens with two attached hydrogens (primary N) is 1. The molecule has 4 atom stereocenters. The van der Waals surface area contributed by atoms with Gasteiger partial charge in [0.15, 0.2) is 0 Å². The highest BCUT2D eigenvalue weighted by Gasteiger charge is 2.50. The summed E-state index contributed by atoms with van der Waals surface area (Å²) in [6, 6.07) is 7.81. The number of nitrogens with zero attached hydrogens (tertiary/aromatic N) is 3. The van der Waals surface area contributed by atoms with Crippen LogP contribution in [0.2, 0.25) is 0 Å². The Morgan fingerprint density at radius 3 is 2.74 bits per heavy atom. The number of aromatic amines is 1. The van der Waals surface area contributed by atoms with Gasteiger partial charge in [-0.15, -0.1) is 11.3 Å². The van der Waals surface area contributed by atoms with E-state index < -0.39 is 23.3 Å². The van der Waals surface area contributed by atoms with Crippen LogP contribution in [-0.4, -0.2) is 63.7 Å². The fourth-order valence-electron chi connectivity index (χ4n) is 6.64. The number of amides is 3. The number of likely N-dealkylation sites (tertiary alicyclic amines) is 2. The Morgan fingerprint density at radius 1 is 1.21 bits per heavy atom. The Labute approximate surface area is 229 Å². The van der Waals surface area contributed by atoms with Crippen molar-refractivity contribution < 1.29 is 14.4 Å². The molecule has 2 saturated heterocycles. The molecule has 1 aliphatic carbocycles. The van der Waals surface area contributed by atoms with Crippen LogP contribution in [0, 0.1) is 5.92 Å². The quantitative estimate of drug-likeness (QED) is 0.428. The molecule has 2 bridgehead atoms. The maximum atomic E-state index is 13.4. The van der Waals surface area contributed by atoms with Gasteiger partial charge in [0.1, 0.15) is 10.6 Å². The van der Waals surface area contributed by atoms with Gasteiger partial charge in [-0.25, -0.2) is 4.98 Å². The summed E-state index contributed by atoms with van der Waals surface area (Å²) in [5.41, 5.74) is 6.46. The molecule has 6 rings (SSSR count). The van der Waals surface area contributed by atoms with Crippen LogP contribution in [0.15, 0.2) is 35.3 Å². The number of fused-ring (bicyclic) bond motifs is 3. The number of aromatic nitrogens is 2. The molecule has 3 amide bonds. The summed E-state index contributed by atoms with van der Waals surface area (Å²) in [6.45, 7) is 3.57. The molecule has 2 aliphatic heterocycles. The number of likely N-dealkylation sites (N-methyl/N-ethyl adjacent to an activating group) is 1. The van der Waals surface area contributed by atoms with E-state index >= 15 is 0 Å². The van der Waals surface area contributed by atoms with E-state index in [1.807, 2.05) is 0 Å². The number of benzene rings is 1. The zero-order valence-corrected chi connectivity index (χ0v) is 22.8. The molecular weight excluding hydrogens is 516 g/mol. The SMILES string of the molecule is C[C@H]1CC[C@H](c2ccc3sc(C45CCC(C4)N(C)C5)nc3c2)N(C(=O)C(=O)Nc2c[nH]c(=O)c(C(N)=O)c2)C1. The Bertz CT molecular complexity index is 1540. The van der Waals surface area contributed by atoms with Crippen LogP contribution in [0.5, 0.6) is 0 Å². The minimum absolute atomic E-state index is 0.117. The van der Waals surface area contributed by atoms with Crippen LogP contribution >= 0.6 is 11.3 Å². The average molecular weight is 549 g/mol. The maximum Gasteiger partial charge on any atom is 0.313 e. The molecule has 4 N–H and O–H groups in total. The number of hydrogen-bond donors (Lipinski definition) is 3. The summed E-state index contributed by atoms with van der Waals surface area (Å²) < 4.78 is 1.14. The minimum Gasteiger partial charge on any atom is -0.365 e. The first-order valence-corrected chi connectivity index (χ1v) is 14.2. The van der Waals surface area contributed by atoms with Gasteiger partial charge < -0.3 is 25.8 Å². The number of nitrogens with one attached hydrogen (secondary N) is 2. The second kappa shape index (κ2) is 9.56. The summed E-state index contributed by atoms with van der Waals surface area (Å²) >= 11 is 1.78. The minimum atomic E-state index is -0.920. The van der Waals surface area contributed by atoms with Crippen molar-refractivity contribution in [1.29, 1.82) is 0 Å². The second-order valence-corrected chi connectivity index (χ2v) is 12.5. The van der Waals surface area contributed by atoms with Crippen molar-refractivity contribution in [3.05, 3.63) is 57.0 Å². The second-order valence-electron chi connectivity index (χ2n) is 11.4. The third-order valence-corrected chi connectivity index (χ3v) is 9.99. The summed E-state index contributed by atoms with van der Waals surface area (Å²) in [5.74, 6) is -2.18. The standard InChI is InChI=1S/C28H32N6O4S/c1-15-3-5-21(34(13-15)26(38)25(37)31-17-10-19(23(29)35)24(36)30-12-17)16-4-6-22-20(9-16)32-27(39-22)28-8-7-18(11-28)33(2)14-28/h4,6,9-10,12,15,18,21H,3,5,7-8,11,13-14H2,1-2H3,(H2,29,35)(H,30,36)(H,31,37)/t15-,18?,21+,28?/m0/s1. The number of piperidine rings is 2. The molecule has 1 saturated carbocycles. The first kappa shape index (κ1) is 25.7. The number of thiazole rings is 1. The molecule has 3 aromatic rings. The Hall–Kier alpha value is -3.57. The zero-order valence-electron chi connectivity index (χ0n) is 22.0. The Kier molecular flexibility index (Phi) is 6.30. The molecule has 1 aromatic carbocycles. The van der Waals surface area contributed by atoms with E-state index in [0.717, 1.165) is 35.2 Å². The van der Waals surface area contributed by atoms with Crippen LogP contribution in [-0.2, 0) is 15.0 Å². The third kappa shape index (κ3) is 4.53. The molecule has 204 valence electrons. The Morgan fingerprint density at radius 2 is 2.03 bits per heavy atom. The smallest absolute Gasteiger partial charge is 0.313 e. The largest absolute Gasteiger partial charge is 0.365 e. The molecule has 4 heterocycles. The molecule has 11 heteroatoms. The lowest BCUT2D eigenvalue weighted by Crippen LogP contribution is -2.46. The predicted molar refractivity (Wildman–Crippen MR) is 149 cm³/mol. The fraction of sp³-hybridized carbons (Fsp3) is 0.464. The molecular formula is C28H32N6O4S. The van der Waals surface area contributed by atoms with Crippen molar-refractivity contribution in [1.82, 2.24) is 19.8 Å². The van der Waals surface area contributed by atoms with Crippen LogP contribution in [0.1, 0.15) is 66.0 Å². The summed E-state index contributed by atoms with van der Waals surface area (Å²) in [7, 11) is 2.20. The molecule has 0 spiro atoms. The summed E-state index contributed by atoms with van der Waals surface area (Å²) in [5, 5.41) is 3.72. The summed E-state index contributed by atoms with van der Waals surface area (Å²) in [4.78, 5) is 61.2. The van der Waals surface area contributed by atoms with Crippen molar-refractivity contribution in [3.63, 3.8) is 0 Å². The predicted octanol–water partition coefficient (Wildman–Crippen LogP) is 2.76. The maximum absolute atomic E-state index is 13.4. The fourth-order valence-corrected chi connectivity index (χ4v) is 7.81. The molecule has 3 fully saturated rings. The number of H-pyrrole nitrogens is 1. The first-order chi connectivity index (χ1) is 18.6. The number of carbonyl (C=O) groups is 3. The van der Waals surface area contributed by atoms with Gasteiger partial charge in [0.05, 0.1) is 21.9 Å². The number of primary amides is 1. The average Bonchev–Trinajstić information content (AvgIpc) is 3.62. The number of rotatable bonds is 4. The van der Waals surface area contributed by atoms with Gasteiger partial charge in [0.2, 0.25) is 0 Å². The van der Waals surface area contributed by atoms with Crippen LogP contribution in [0.25, 0.3) is 10.2 Å². The van der Waals surface area contributed by atoms with Crippen molar-refractivity contribution in [2.45, 2.75) is 56.5 Å². The van der Waals surface area contributed by atoms with Gasteiger partial charge in [0.25, 0.3) is 11.5 Å². The molecule has 2 unspecified atom stereocenters. The van der Waals surface area contributed by atoms with Gasteiger partial charge in [-0.2, -0.15) is 0 Å². The van der Waals surface area contributed by atoms with E-state index in [2.05, 4.69) is 47.4 Å². The van der Waals surface area contributed by atoms with E-state index in [0.29, 0.717) is 12.6 Å². The highest BCUT2D eigenvalue weighted by atomic mass is 32.1. The molecule has 39 heavy (non-hydrogen) atoms. The number of carbonyl (C=O) groups excluding carboxylic acids is 3. The van der Waals surface area contributed by atoms with Gasteiger partial charge in [-0.05, 0) is 68.8 Å². The third-order valence-electron chi connectivity index (χ3n) is 8.71. The number of pyridine rings is 1. The zero-order chi connectivity index (χ0) is 27.5. The Balaban J connectivity index is 1.25. The van der Waals surface area contributed by atoms with Gasteiger partial charge in [-0.3, -0.25) is 19.2 Å². The van der Waals surface area contributed by atoms with Gasteiger partial charge >= 0.3 is 11.8 Å². The highest BCUT2D eigenvalue weighted by Crippen LogP contribution is 2.50. The van der Waals surface area contributed by atoms with Crippen molar-refractivity contribution in [2.24, 2.45) is 11.7 Å². The summed E-state index contributed by atoms with van der Waals surface area (Å²) in [6.07, 6.45) is 6.49.